The fourth-order valence-electron chi connectivity index (χ4n) is 2.06. The van der Waals surface area contributed by atoms with E-state index in [0.29, 0.717) is 16.5 Å². The summed E-state index contributed by atoms with van der Waals surface area (Å²) >= 11 is 6.02. The molecule has 1 atom stereocenters. The van der Waals surface area contributed by atoms with Crippen LogP contribution in [-0.4, -0.2) is 12.0 Å². The maximum absolute atomic E-state index is 12.1. The molecule has 0 heterocycles. The Bertz CT molecular complexity index is 635. The Hall–Kier alpha value is -2.00. The Balaban J connectivity index is 2.04. The molecule has 110 valence electrons. The molecule has 0 aliphatic heterocycles. The van der Waals surface area contributed by atoms with Crippen LogP contribution in [0.4, 0.5) is 5.69 Å². The van der Waals surface area contributed by atoms with E-state index in [0.717, 1.165) is 11.1 Å². The number of hydrogen-bond donors (Lipinski definition) is 1. The minimum atomic E-state index is -0.609. The second-order valence-electron chi connectivity index (χ2n) is 5.05. The monoisotopic (exact) mass is 303 g/mol. The minimum absolute atomic E-state index is 0.234. The molecule has 0 aliphatic rings. The fourth-order valence-corrected chi connectivity index (χ4v) is 2.24. The molecule has 4 heteroatoms. The van der Waals surface area contributed by atoms with Crippen LogP contribution in [0.25, 0.3) is 0 Å². The van der Waals surface area contributed by atoms with E-state index in [9.17, 15) is 4.79 Å². The molecule has 0 bridgehead atoms. The second-order valence-corrected chi connectivity index (χ2v) is 5.46. The van der Waals surface area contributed by atoms with Crippen LogP contribution in [0.5, 0.6) is 5.75 Å². The van der Waals surface area contributed by atoms with Gasteiger partial charge in [-0.2, -0.15) is 0 Å². The molecule has 2 rings (SSSR count). The SMILES string of the molecule is Cc1cc(C)cc(O[C@@H](C)C(=O)Nc2ccccc2Cl)c1. The molecule has 0 fully saturated rings. The fraction of sp³-hybridized carbons (Fsp3) is 0.235. The van der Waals surface area contributed by atoms with Gasteiger partial charge in [0.25, 0.3) is 5.91 Å². The van der Waals surface area contributed by atoms with Crippen LogP contribution in [0.3, 0.4) is 0 Å². The number of carbonyl (C=O) groups is 1. The van der Waals surface area contributed by atoms with Crippen molar-refractivity contribution in [2.75, 3.05) is 5.32 Å². The highest BCUT2D eigenvalue weighted by Crippen LogP contribution is 2.22. The molecule has 3 nitrogen and oxygen atoms in total. The van der Waals surface area contributed by atoms with Crippen LogP contribution < -0.4 is 10.1 Å². The van der Waals surface area contributed by atoms with Crippen molar-refractivity contribution in [2.24, 2.45) is 0 Å². The predicted molar refractivity (Wildman–Crippen MR) is 86.1 cm³/mol. The van der Waals surface area contributed by atoms with E-state index in [1.165, 1.54) is 0 Å². The zero-order valence-electron chi connectivity index (χ0n) is 12.3. The van der Waals surface area contributed by atoms with Gasteiger partial charge in [-0.05, 0) is 56.2 Å². The number of hydrogen-bond acceptors (Lipinski definition) is 2. The summed E-state index contributed by atoms with van der Waals surface area (Å²) in [5, 5.41) is 3.27. The number of amides is 1. The van der Waals surface area contributed by atoms with E-state index < -0.39 is 6.10 Å². The van der Waals surface area contributed by atoms with Crippen LogP contribution in [0.2, 0.25) is 5.02 Å². The Morgan fingerprint density at radius 2 is 1.76 bits per heavy atom. The number of anilines is 1. The first-order chi connectivity index (χ1) is 9.95. The number of ether oxygens (including phenoxy) is 1. The molecule has 2 aromatic rings. The van der Waals surface area contributed by atoms with Crippen LogP contribution >= 0.6 is 11.6 Å². The summed E-state index contributed by atoms with van der Waals surface area (Å²) in [5.74, 6) is 0.455. The third-order valence-electron chi connectivity index (χ3n) is 3.01. The highest BCUT2D eigenvalue weighted by atomic mass is 35.5. The lowest BCUT2D eigenvalue weighted by Gasteiger charge is -2.16. The predicted octanol–water partition coefficient (Wildman–Crippen LogP) is 4.36. The third-order valence-corrected chi connectivity index (χ3v) is 3.34. The van der Waals surface area contributed by atoms with Crippen molar-refractivity contribution >= 4 is 23.2 Å². The lowest BCUT2D eigenvalue weighted by molar-refractivity contribution is -0.122. The van der Waals surface area contributed by atoms with Crippen LogP contribution in [0, 0.1) is 13.8 Å². The maximum atomic E-state index is 12.1. The number of nitrogens with one attached hydrogen (secondary N) is 1. The molecule has 0 spiro atoms. The largest absolute Gasteiger partial charge is 0.481 e. The summed E-state index contributed by atoms with van der Waals surface area (Å²) < 4.78 is 5.69. The van der Waals surface area contributed by atoms with Gasteiger partial charge in [-0.1, -0.05) is 29.8 Å². The molecule has 0 aromatic heterocycles. The summed E-state index contributed by atoms with van der Waals surface area (Å²) in [7, 11) is 0. The standard InChI is InChI=1S/C17H18ClNO2/c1-11-8-12(2)10-14(9-11)21-13(3)17(20)19-16-7-5-4-6-15(16)18/h4-10,13H,1-3H3,(H,19,20)/t13-/m0/s1. The number of aryl methyl sites for hydroxylation is 2. The maximum Gasteiger partial charge on any atom is 0.265 e. The average molecular weight is 304 g/mol. The van der Waals surface area contributed by atoms with Crippen molar-refractivity contribution in [1.82, 2.24) is 0 Å². The Morgan fingerprint density at radius 3 is 2.38 bits per heavy atom. The molecule has 0 radical (unpaired) electrons. The van der Waals surface area contributed by atoms with Gasteiger partial charge in [0, 0.05) is 0 Å². The Morgan fingerprint density at radius 1 is 1.14 bits per heavy atom. The molecule has 21 heavy (non-hydrogen) atoms. The van der Waals surface area contributed by atoms with Crippen molar-refractivity contribution in [3.05, 3.63) is 58.6 Å². The number of benzene rings is 2. The van der Waals surface area contributed by atoms with Gasteiger partial charge >= 0.3 is 0 Å². The van der Waals surface area contributed by atoms with Crippen LogP contribution in [-0.2, 0) is 4.79 Å². The van der Waals surface area contributed by atoms with Crippen molar-refractivity contribution in [3.63, 3.8) is 0 Å². The smallest absolute Gasteiger partial charge is 0.265 e. The first-order valence-electron chi connectivity index (χ1n) is 6.76. The van der Waals surface area contributed by atoms with E-state index in [1.807, 2.05) is 38.1 Å². The summed E-state index contributed by atoms with van der Waals surface area (Å²) in [5.41, 5.74) is 2.78. The van der Waals surface area contributed by atoms with E-state index >= 15 is 0 Å². The molecule has 1 amide bonds. The van der Waals surface area contributed by atoms with Gasteiger partial charge in [0.2, 0.25) is 0 Å². The van der Waals surface area contributed by atoms with E-state index in [4.69, 9.17) is 16.3 Å². The Kier molecular flexibility index (Phi) is 4.86. The summed E-state index contributed by atoms with van der Waals surface area (Å²) in [6.45, 7) is 5.70. The van der Waals surface area contributed by atoms with E-state index in [1.54, 1.807) is 19.1 Å². The topological polar surface area (TPSA) is 38.3 Å². The normalized spacial score (nSPS) is 11.8. The second kappa shape index (κ2) is 6.64. The highest BCUT2D eigenvalue weighted by molar-refractivity contribution is 6.33. The van der Waals surface area contributed by atoms with Gasteiger partial charge in [0.1, 0.15) is 5.75 Å². The van der Waals surface area contributed by atoms with Gasteiger partial charge < -0.3 is 10.1 Å². The molecule has 0 saturated heterocycles. The molecule has 0 unspecified atom stereocenters. The van der Waals surface area contributed by atoms with Crippen molar-refractivity contribution in [2.45, 2.75) is 26.9 Å². The molecular weight excluding hydrogens is 286 g/mol. The van der Waals surface area contributed by atoms with Gasteiger partial charge in [0.05, 0.1) is 10.7 Å². The van der Waals surface area contributed by atoms with Crippen molar-refractivity contribution < 1.29 is 9.53 Å². The quantitative estimate of drug-likeness (QED) is 0.911. The summed E-state index contributed by atoms with van der Waals surface area (Å²) in [6, 6.07) is 13.0. The summed E-state index contributed by atoms with van der Waals surface area (Å²) in [4.78, 5) is 12.1. The first kappa shape index (κ1) is 15.4. The zero-order valence-corrected chi connectivity index (χ0v) is 13.1. The molecule has 0 saturated carbocycles. The number of para-hydroxylation sites is 1. The van der Waals surface area contributed by atoms with Crippen molar-refractivity contribution in [1.29, 1.82) is 0 Å². The average Bonchev–Trinajstić information content (AvgIpc) is 2.40. The van der Waals surface area contributed by atoms with Gasteiger partial charge in [-0.25, -0.2) is 0 Å². The molecule has 0 aliphatic carbocycles. The summed E-state index contributed by atoms with van der Waals surface area (Å²) in [6.07, 6.45) is -0.609. The lowest BCUT2D eigenvalue weighted by Crippen LogP contribution is -2.30. The molecular formula is C17H18ClNO2. The van der Waals surface area contributed by atoms with Crippen molar-refractivity contribution in [3.8, 4) is 5.75 Å². The van der Waals surface area contributed by atoms with Gasteiger partial charge in [0.15, 0.2) is 6.10 Å². The van der Waals surface area contributed by atoms with Gasteiger partial charge in [-0.15, -0.1) is 0 Å². The third kappa shape index (κ3) is 4.23. The number of halogens is 1. The first-order valence-corrected chi connectivity index (χ1v) is 7.14. The van der Waals surface area contributed by atoms with Crippen LogP contribution in [0.1, 0.15) is 18.1 Å². The minimum Gasteiger partial charge on any atom is -0.481 e. The molecule has 1 N–H and O–H groups in total. The lowest BCUT2D eigenvalue weighted by atomic mass is 10.1. The molecule has 2 aromatic carbocycles. The Labute approximate surface area is 129 Å². The number of carbonyl (C=O) groups excluding carboxylic acids is 1. The van der Waals surface area contributed by atoms with Crippen LogP contribution in [0.15, 0.2) is 42.5 Å². The van der Waals surface area contributed by atoms with E-state index in [2.05, 4.69) is 11.4 Å². The zero-order chi connectivity index (χ0) is 15.4. The number of rotatable bonds is 4. The van der Waals surface area contributed by atoms with E-state index in [-0.39, 0.29) is 5.91 Å². The highest BCUT2D eigenvalue weighted by Gasteiger charge is 2.16. The van der Waals surface area contributed by atoms with Gasteiger partial charge in [-0.3, -0.25) is 4.79 Å².